The van der Waals surface area contributed by atoms with Gasteiger partial charge in [0.2, 0.25) is 11.7 Å². The molecule has 1 aliphatic heterocycles. The highest BCUT2D eigenvalue weighted by molar-refractivity contribution is 5.55. The minimum atomic E-state index is 0.158. The van der Waals surface area contributed by atoms with Crippen LogP contribution in [0.25, 0.3) is 11.4 Å². The maximum Gasteiger partial charge on any atom is 0.244 e. The van der Waals surface area contributed by atoms with E-state index >= 15 is 0 Å². The molecule has 1 atom stereocenters. The number of hydrogen-bond acceptors (Lipinski definition) is 5. The van der Waals surface area contributed by atoms with E-state index in [4.69, 9.17) is 10.9 Å². The Labute approximate surface area is 146 Å². The molecule has 25 heavy (non-hydrogen) atoms. The van der Waals surface area contributed by atoms with Crippen molar-refractivity contribution in [2.45, 2.75) is 25.4 Å². The minimum absolute atomic E-state index is 0.158. The Balaban J connectivity index is 1.55. The van der Waals surface area contributed by atoms with Gasteiger partial charge in [-0.25, -0.2) is 0 Å². The molecule has 4 rings (SSSR count). The van der Waals surface area contributed by atoms with Crippen molar-refractivity contribution in [3.63, 3.8) is 0 Å². The lowest BCUT2D eigenvalue weighted by molar-refractivity contribution is 0.201. The summed E-state index contributed by atoms with van der Waals surface area (Å²) < 4.78 is 5.56. The van der Waals surface area contributed by atoms with Gasteiger partial charge in [-0.2, -0.15) is 4.98 Å². The highest BCUT2D eigenvalue weighted by atomic mass is 16.5. The quantitative estimate of drug-likeness (QED) is 0.686. The van der Waals surface area contributed by atoms with Crippen LogP contribution in [0, 0.1) is 12.3 Å². The molecule has 1 aliphatic rings. The fraction of sp³-hybridized carbons (Fsp3) is 0.250. The minimum Gasteiger partial charge on any atom is -0.337 e. The highest BCUT2D eigenvalue weighted by Crippen LogP contribution is 2.33. The number of likely N-dealkylation sites (tertiary alicyclic amines) is 1. The van der Waals surface area contributed by atoms with Crippen LogP contribution in [0.2, 0.25) is 0 Å². The monoisotopic (exact) mass is 330 g/mol. The number of pyridine rings is 1. The van der Waals surface area contributed by atoms with Crippen LogP contribution in [0.5, 0.6) is 0 Å². The first-order chi connectivity index (χ1) is 12.3. The van der Waals surface area contributed by atoms with E-state index < -0.39 is 0 Å². The molecule has 1 aromatic carbocycles. The summed E-state index contributed by atoms with van der Waals surface area (Å²) in [4.78, 5) is 11.1. The zero-order chi connectivity index (χ0) is 17.1. The van der Waals surface area contributed by atoms with Crippen molar-refractivity contribution in [2.24, 2.45) is 0 Å². The number of benzene rings is 1. The fourth-order valence-electron chi connectivity index (χ4n) is 3.24. The Morgan fingerprint density at radius 1 is 1.24 bits per heavy atom. The second kappa shape index (κ2) is 6.88. The number of aromatic nitrogens is 3. The zero-order valence-electron chi connectivity index (χ0n) is 13.8. The summed E-state index contributed by atoms with van der Waals surface area (Å²) in [5, 5.41) is 4.13. The first-order valence-corrected chi connectivity index (χ1v) is 8.37. The number of rotatable bonds is 4. The van der Waals surface area contributed by atoms with E-state index in [9.17, 15) is 0 Å². The molecule has 0 bridgehead atoms. The van der Waals surface area contributed by atoms with Crippen molar-refractivity contribution in [3.05, 3.63) is 65.8 Å². The first-order valence-electron chi connectivity index (χ1n) is 8.37. The summed E-state index contributed by atoms with van der Waals surface area (Å²) >= 11 is 0. The Kier molecular flexibility index (Phi) is 4.28. The Morgan fingerprint density at radius 2 is 2.12 bits per heavy atom. The Hall–Kier alpha value is -2.97. The summed E-state index contributed by atoms with van der Waals surface area (Å²) in [6.07, 6.45) is 10.9. The van der Waals surface area contributed by atoms with Crippen LogP contribution in [-0.4, -0.2) is 26.6 Å². The number of nitrogens with zero attached hydrogens (tertiary/aromatic N) is 4. The van der Waals surface area contributed by atoms with Gasteiger partial charge in [0.1, 0.15) is 0 Å². The predicted octanol–water partition coefficient (Wildman–Crippen LogP) is 3.45. The lowest BCUT2D eigenvalue weighted by Crippen LogP contribution is -2.22. The van der Waals surface area contributed by atoms with Crippen molar-refractivity contribution in [1.29, 1.82) is 0 Å². The molecular weight excluding hydrogens is 312 g/mol. The molecule has 124 valence electrons. The largest absolute Gasteiger partial charge is 0.337 e. The van der Waals surface area contributed by atoms with Crippen LogP contribution in [0.15, 0.2) is 53.3 Å². The lowest BCUT2D eigenvalue weighted by atomic mass is 10.1. The van der Waals surface area contributed by atoms with Crippen molar-refractivity contribution in [2.75, 3.05) is 6.54 Å². The third-order valence-electron chi connectivity index (χ3n) is 4.48. The normalized spacial score (nSPS) is 17.5. The van der Waals surface area contributed by atoms with Crippen molar-refractivity contribution < 1.29 is 4.52 Å². The molecule has 3 aromatic rings. The van der Waals surface area contributed by atoms with Gasteiger partial charge in [-0.1, -0.05) is 41.4 Å². The SMILES string of the molecule is C#Cc1cncc(-c2noc(C3CCCN3Cc3ccccc3)n2)c1. The van der Waals surface area contributed by atoms with E-state index in [1.165, 1.54) is 5.56 Å². The van der Waals surface area contributed by atoms with E-state index in [0.29, 0.717) is 17.3 Å². The Bertz CT molecular complexity index is 897. The van der Waals surface area contributed by atoms with Gasteiger partial charge in [-0.15, -0.1) is 6.42 Å². The van der Waals surface area contributed by atoms with Gasteiger partial charge >= 0.3 is 0 Å². The molecule has 3 heterocycles. The van der Waals surface area contributed by atoms with Gasteiger partial charge in [-0.3, -0.25) is 9.88 Å². The van der Waals surface area contributed by atoms with Gasteiger partial charge in [0.15, 0.2) is 0 Å². The Morgan fingerprint density at radius 3 is 2.96 bits per heavy atom. The van der Waals surface area contributed by atoms with Crippen LogP contribution in [0.3, 0.4) is 0 Å². The van der Waals surface area contributed by atoms with Gasteiger partial charge < -0.3 is 4.52 Å². The van der Waals surface area contributed by atoms with E-state index in [2.05, 4.69) is 50.2 Å². The van der Waals surface area contributed by atoms with Gasteiger partial charge in [0, 0.05) is 30.1 Å². The van der Waals surface area contributed by atoms with Crippen LogP contribution in [0.4, 0.5) is 0 Å². The van der Waals surface area contributed by atoms with E-state index in [0.717, 1.165) is 31.5 Å². The summed E-state index contributed by atoms with van der Waals surface area (Å²) in [7, 11) is 0. The van der Waals surface area contributed by atoms with Gasteiger partial charge in [0.25, 0.3) is 0 Å². The molecule has 0 saturated carbocycles. The third-order valence-corrected chi connectivity index (χ3v) is 4.48. The molecule has 0 spiro atoms. The third kappa shape index (κ3) is 3.30. The van der Waals surface area contributed by atoms with Gasteiger partial charge in [0.05, 0.1) is 6.04 Å². The lowest BCUT2D eigenvalue weighted by Gasteiger charge is -2.21. The molecule has 5 heteroatoms. The van der Waals surface area contributed by atoms with E-state index in [1.54, 1.807) is 12.4 Å². The average molecular weight is 330 g/mol. The molecule has 1 fully saturated rings. The van der Waals surface area contributed by atoms with Crippen LogP contribution in [0.1, 0.15) is 35.9 Å². The molecule has 5 nitrogen and oxygen atoms in total. The molecule has 0 radical (unpaired) electrons. The second-order valence-electron chi connectivity index (χ2n) is 6.18. The summed E-state index contributed by atoms with van der Waals surface area (Å²) in [5.74, 6) is 3.77. The molecule has 0 N–H and O–H groups in total. The van der Waals surface area contributed by atoms with Crippen LogP contribution in [-0.2, 0) is 6.54 Å². The molecule has 1 saturated heterocycles. The van der Waals surface area contributed by atoms with Crippen molar-refractivity contribution in [1.82, 2.24) is 20.0 Å². The molecule has 0 amide bonds. The number of terminal acetylenes is 1. The average Bonchev–Trinajstić information content (AvgIpc) is 3.32. The molecular formula is C20H18N4O. The van der Waals surface area contributed by atoms with Crippen LogP contribution < -0.4 is 0 Å². The topological polar surface area (TPSA) is 55.1 Å². The van der Waals surface area contributed by atoms with E-state index in [-0.39, 0.29) is 6.04 Å². The second-order valence-corrected chi connectivity index (χ2v) is 6.18. The highest BCUT2D eigenvalue weighted by Gasteiger charge is 2.30. The summed E-state index contributed by atoms with van der Waals surface area (Å²) in [6.45, 7) is 1.92. The van der Waals surface area contributed by atoms with Crippen molar-refractivity contribution >= 4 is 0 Å². The van der Waals surface area contributed by atoms with E-state index in [1.807, 2.05) is 12.1 Å². The van der Waals surface area contributed by atoms with Crippen LogP contribution >= 0.6 is 0 Å². The zero-order valence-corrected chi connectivity index (χ0v) is 13.8. The maximum absolute atomic E-state index is 5.56. The summed E-state index contributed by atoms with van der Waals surface area (Å²) in [6, 6.07) is 12.5. The molecule has 1 unspecified atom stereocenters. The number of hydrogen-bond donors (Lipinski definition) is 0. The maximum atomic E-state index is 5.56. The predicted molar refractivity (Wildman–Crippen MR) is 94.3 cm³/mol. The fourth-order valence-corrected chi connectivity index (χ4v) is 3.24. The smallest absolute Gasteiger partial charge is 0.244 e. The molecule has 2 aromatic heterocycles. The summed E-state index contributed by atoms with van der Waals surface area (Å²) in [5.41, 5.74) is 2.77. The standard InChI is InChI=1S/C20H18N4O/c1-2-15-11-17(13-21-12-15)19-22-20(25-23-19)18-9-6-10-24(18)14-16-7-4-3-5-8-16/h1,3-5,7-8,11-13,18H,6,9-10,14H2. The first kappa shape index (κ1) is 15.6. The van der Waals surface area contributed by atoms with Crippen molar-refractivity contribution in [3.8, 4) is 23.7 Å². The molecule has 0 aliphatic carbocycles. The van der Waals surface area contributed by atoms with Gasteiger partial charge in [-0.05, 0) is 31.0 Å².